The maximum Gasteiger partial charge on any atom is 0.257 e. The molecule has 1 atom stereocenters. The lowest BCUT2D eigenvalue weighted by molar-refractivity contribution is 0.0939. The number of carbonyl (C=O) groups is 1. The van der Waals surface area contributed by atoms with Crippen molar-refractivity contribution in [3.63, 3.8) is 0 Å². The van der Waals surface area contributed by atoms with E-state index in [1.165, 1.54) is 0 Å². The third-order valence-electron chi connectivity index (χ3n) is 3.33. The number of benzene rings is 1. The highest BCUT2D eigenvalue weighted by atomic mass is 79.9. The second kappa shape index (κ2) is 7.69. The zero-order valence-corrected chi connectivity index (χ0v) is 13.4. The van der Waals surface area contributed by atoms with Crippen molar-refractivity contribution in [3.05, 3.63) is 33.8 Å². The van der Waals surface area contributed by atoms with Crippen molar-refractivity contribution in [3.8, 4) is 0 Å². The maximum atomic E-state index is 13.6. The van der Waals surface area contributed by atoms with Gasteiger partial charge in [-0.05, 0) is 32.5 Å². The predicted octanol–water partition coefficient (Wildman–Crippen LogP) is 3.19. The molecule has 0 aliphatic carbocycles. The summed E-state index contributed by atoms with van der Waals surface area (Å²) in [5.74, 6) is -2.47. The molecule has 0 fully saturated rings. The minimum atomic E-state index is -0.871. The Balaban J connectivity index is 2.60. The summed E-state index contributed by atoms with van der Waals surface area (Å²) in [6.45, 7) is 5.12. The number of amides is 1. The summed E-state index contributed by atoms with van der Waals surface area (Å²) in [5, 5.41) is 2.53. The van der Waals surface area contributed by atoms with Crippen LogP contribution in [0.25, 0.3) is 0 Å². The number of rotatable bonds is 6. The summed E-state index contributed by atoms with van der Waals surface area (Å²) in [6.07, 6.45) is 1.00. The topological polar surface area (TPSA) is 32.3 Å². The number of hydrogen-bond donors (Lipinski definition) is 1. The number of hydrogen-bond acceptors (Lipinski definition) is 2. The summed E-state index contributed by atoms with van der Waals surface area (Å²) < 4.78 is 27.4. The van der Waals surface area contributed by atoms with Gasteiger partial charge in [-0.1, -0.05) is 22.9 Å². The third-order valence-corrected chi connectivity index (χ3v) is 3.79. The van der Waals surface area contributed by atoms with E-state index in [4.69, 9.17) is 0 Å². The molecule has 3 nitrogen and oxygen atoms in total. The lowest BCUT2D eigenvalue weighted by Crippen LogP contribution is -2.37. The van der Waals surface area contributed by atoms with Gasteiger partial charge >= 0.3 is 0 Å². The molecule has 1 N–H and O–H groups in total. The van der Waals surface area contributed by atoms with E-state index in [-0.39, 0.29) is 4.47 Å². The highest BCUT2D eigenvalue weighted by molar-refractivity contribution is 9.10. The molecular formula is C14H19BrF2N2O. The Morgan fingerprint density at radius 2 is 1.95 bits per heavy atom. The first-order valence-corrected chi connectivity index (χ1v) is 7.29. The summed E-state index contributed by atoms with van der Waals surface area (Å²) in [4.78, 5) is 13.9. The van der Waals surface area contributed by atoms with Gasteiger partial charge in [0.15, 0.2) is 0 Å². The number of likely N-dealkylation sites (N-methyl/N-ethyl adjacent to an activating group) is 1. The molecule has 1 aromatic rings. The summed E-state index contributed by atoms with van der Waals surface area (Å²) in [5.41, 5.74) is -0.542. The Bertz CT molecular complexity index is 459. The molecule has 0 aliphatic rings. The van der Waals surface area contributed by atoms with Crippen LogP contribution >= 0.6 is 15.9 Å². The van der Waals surface area contributed by atoms with Gasteiger partial charge in [0.1, 0.15) is 17.2 Å². The summed E-state index contributed by atoms with van der Waals surface area (Å²) in [6, 6.07) is 2.54. The second-order valence-electron chi connectivity index (χ2n) is 4.74. The van der Waals surface area contributed by atoms with Crippen molar-refractivity contribution in [2.75, 3.05) is 20.1 Å². The number of nitrogens with one attached hydrogen (secondary N) is 1. The van der Waals surface area contributed by atoms with E-state index in [0.717, 1.165) is 18.6 Å². The largest absolute Gasteiger partial charge is 0.351 e. The van der Waals surface area contributed by atoms with Crippen LogP contribution in [0.4, 0.5) is 8.78 Å². The van der Waals surface area contributed by atoms with E-state index in [9.17, 15) is 13.6 Å². The molecule has 1 rings (SSSR count). The average Bonchev–Trinajstić information content (AvgIpc) is 2.36. The van der Waals surface area contributed by atoms with Crippen LogP contribution in [0.1, 0.15) is 30.6 Å². The van der Waals surface area contributed by atoms with E-state index >= 15 is 0 Å². The van der Waals surface area contributed by atoms with E-state index in [1.807, 2.05) is 7.05 Å². The highest BCUT2D eigenvalue weighted by Crippen LogP contribution is 2.19. The highest BCUT2D eigenvalue weighted by Gasteiger charge is 2.18. The van der Waals surface area contributed by atoms with E-state index < -0.39 is 23.1 Å². The normalized spacial score (nSPS) is 12.6. The first kappa shape index (κ1) is 17.0. The van der Waals surface area contributed by atoms with Gasteiger partial charge in [0.05, 0.1) is 0 Å². The molecule has 6 heteroatoms. The fourth-order valence-corrected chi connectivity index (χ4v) is 2.13. The van der Waals surface area contributed by atoms with Gasteiger partial charge in [-0.2, -0.15) is 0 Å². The van der Waals surface area contributed by atoms with E-state index in [0.29, 0.717) is 19.1 Å². The molecule has 0 radical (unpaired) electrons. The monoisotopic (exact) mass is 348 g/mol. The Morgan fingerprint density at radius 3 is 2.45 bits per heavy atom. The molecule has 112 valence electrons. The average molecular weight is 349 g/mol. The third kappa shape index (κ3) is 4.52. The first-order chi connectivity index (χ1) is 9.36. The van der Waals surface area contributed by atoms with Crippen molar-refractivity contribution < 1.29 is 13.6 Å². The van der Waals surface area contributed by atoms with Crippen LogP contribution in [-0.4, -0.2) is 37.0 Å². The van der Waals surface area contributed by atoms with Crippen LogP contribution in [0.5, 0.6) is 0 Å². The van der Waals surface area contributed by atoms with Crippen LogP contribution in [0.3, 0.4) is 0 Å². The maximum absolute atomic E-state index is 13.6. The number of carbonyl (C=O) groups excluding carboxylic acids is 1. The lowest BCUT2D eigenvalue weighted by atomic mass is 10.2. The van der Waals surface area contributed by atoms with Crippen molar-refractivity contribution in [1.29, 1.82) is 0 Å². The van der Waals surface area contributed by atoms with Crippen LogP contribution in [0.15, 0.2) is 16.6 Å². The number of halogens is 3. The Morgan fingerprint density at radius 1 is 1.40 bits per heavy atom. The molecule has 1 amide bonds. The smallest absolute Gasteiger partial charge is 0.257 e. The Hall–Kier alpha value is -1.01. The van der Waals surface area contributed by atoms with Crippen molar-refractivity contribution >= 4 is 21.8 Å². The van der Waals surface area contributed by atoms with Crippen LogP contribution in [0, 0.1) is 11.6 Å². The van der Waals surface area contributed by atoms with Crippen LogP contribution in [-0.2, 0) is 0 Å². The predicted molar refractivity (Wildman–Crippen MR) is 78.8 cm³/mol. The Labute approximate surface area is 126 Å². The van der Waals surface area contributed by atoms with Gasteiger partial charge < -0.3 is 10.2 Å². The molecule has 0 aliphatic heterocycles. The zero-order chi connectivity index (χ0) is 15.3. The minimum Gasteiger partial charge on any atom is -0.351 e. The van der Waals surface area contributed by atoms with Crippen molar-refractivity contribution in [2.24, 2.45) is 0 Å². The summed E-state index contributed by atoms with van der Waals surface area (Å²) in [7, 11) is 1.95. The second-order valence-corrected chi connectivity index (χ2v) is 5.65. The summed E-state index contributed by atoms with van der Waals surface area (Å²) >= 11 is 2.97. The van der Waals surface area contributed by atoms with Crippen LogP contribution in [0.2, 0.25) is 0 Å². The quantitative estimate of drug-likeness (QED) is 0.856. The minimum absolute atomic E-state index is 0.264. The zero-order valence-electron chi connectivity index (χ0n) is 11.8. The molecule has 0 spiro atoms. The molecule has 20 heavy (non-hydrogen) atoms. The van der Waals surface area contributed by atoms with Gasteiger partial charge in [0.2, 0.25) is 0 Å². The van der Waals surface area contributed by atoms with E-state index in [2.05, 4.69) is 40.0 Å². The Kier molecular flexibility index (Phi) is 6.55. The molecule has 0 aromatic heterocycles. The molecule has 0 bridgehead atoms. The fraction of sp³-hybridized carbons (Fsp3) is 0.500. The molecular weight excluding hydrogens is 330 g/mol. The van der Waals surface area contributed by atoms with Gasteiger partial charge in [-0.15, -0.1) is 0 Å². The van der Waals surface area contributed by atoms with Crippen molar-refractivity contribution in [1.82, 2.24) is 10.2 Å². The van der Waals surface area contributed by atoms with Gasteiger partial charge in [0, 0.05) is 23.6 Å². The molecule has 1 aromatic carbocycles. The molecule has 0 saturated carbocycles. The first-order valence-electron chi connectivity index (χ1n) is 6.49. The SMILES string of the molecule is CCC(C)N(C)CCNC(=O)c1c(F)cc(Br)cc1F. The lowest BCUT2D eigenvalue weighted by Gasteiger charge is -2.23. The molecule has 1 unspecified atom stereocenters. The van der Waals surface area contributed by atoms with Crippen LogP contribution < -0.4 is 5.32 Å². The fourth-order valence-electron chi connectivity index (χ4n) is 1.73. The molecule has 0 heterocycles. The standard InChI is InChI=1S/C14H19BrF2N2O/c1-4-9(2)19(3)6-5-18-14(20)13-11(16)7-10(15)8-12(13)17/h7-9H,4-6H2,1-3H3,(H,18,20). The van der Waals surface area contributed by atoms with E-state index in [1.54, 1.807) is 0 Å². The van der Waals surface area contributed by atoms with Gasteiger partial charge in [-0.25, -0.2) is 8.78 Å². The molecule has 0 saturated heterocycles. The van der Waals surface area contributed by atoms with Gasteiger partial charge in [0.25, 0.3) is 5.91 Å². The van der Waals surface area contributed by atoms with Crippen molar-refractivity contribution in [2.45, 2.75) is 26.3 Å². The number of nitrogens with zero attached hydrogens (tertiary/aromatic N) is 1. The van der Waals surface area contributed by atoms with Gasteiger partial charge in [-0.3, -0.25) is 4.79 Å².